The van der Waals surface area contributed by atoms with Crippen LogP contribution >= 0.6 is 23.2 Å². The minimum Gasteiger partial charge on any atom is -0.378 e. The fourth-order valence-corrected chi connectivity index (χ4v) is 4.59. The zero-order valence-corrected chi connectivity index (χ0v) is 18.2. The molecule has 2 aromatic heterocycles. The molecule has 2 N–H and O–H groups in total. The van der Waals surface area contributed by atoms with Crippen molar-refractivity contribution in [2.45, 2.75) is 6.92 Å². The Morgan fingerprint density at radius 3 is 2.65 bits per heavy atom. The molecule has 0 spiro atoms. The second-order valence-corrected chi connectivity index (χ2v) is 8.22. The number of carbonyl (C=O) groups is 1. The molecule has 3 heterocycles. The lowest BCUT2D eigenvalue weighted by molar-refractivity contribution is 0.100. The van der Waals surface area contributed by atoms with E-state index in [9.17, 15) is 4.79 Å². The summed E-state index contributed by atoms with van der Waals surface area (Å²) in [7, 11) is 0. The molecule has 158 valence electrons. The van der Waals surface area contributed by atoms with Crippen molar-refractivity contribution in [3.05, 3.63) is 58.0 Å². The number of nitrogens with two attached hydrogens (primary N) is 1. The van der Waals surface area contributed by atoms with Crippen LogP contribution in [-0.2, 0) is 4.74 Å². The van der Waals surface area contributed by atoms with Crippen LogP contribution in [0.1, 0.15) is 16.2 Å². The van der Waals surface area contributed by atoms with Crippen molar-refractivity contribution >= 4 is 56.7 Å². The van der Waals surface area contributed by atoms with Crippen LogP contribution in [0.25, 0.3) is 27.6 Å². The van der Waals surface area contributed by atoms with Gasteiger partial charge < -0.3 is 15.4 Å². The number of anilines is 1. The number of primary amides is 1. The molecule has 0 bridgehead atoms. The van der Waals surface area contributed by atoms with E-state index >= 15 is 0 Å². The van der Waals surface area contributed by atoms with Gasteiger partial charge in [0, 0.05) is 30.4 Å². The standard InChI is InChI=1S/C22H19Cl2N5O2/c1-12-27-20-15(22(25)30)9-13(28-5-7-31-8-6-28)10-18(20)29(12)21-14-3-2-4-16(23)19(14)26-11-17(21)24/h2-4,9-11H,5-8H2,1H3,(H2,25,30). The Hall–Kier alpha value is -2.87. The van der Waals surface area contributed by atoms with Gasteiger partial charge in [0.2, 0.25) is 0 Å². The zero-order chi connectivity index (χ0) is 21.7. The third kappa shape index (κ3) is 3.29. The topological polar surface area (TPSA) is 86.3 Å². The molecule has 0 aliphatic carbocycles. The predicted octanol–water partition coefficient (Wildman–Crippen LogP) is 4.12. The van der Waals surface area contributed by atoms with Crippen molar-refractivity contribution in [1.82, 2.24) is 14.5 Å². The number of nitrogens with zero attached hydrogens (tertiary/aromatic N) is 4. The molecule has 1 fully saturated rings. The Kier molecular flexibility index (Phi) is 4.97. The summed E-state index contributed by atoms with van der Waals surface area (Å²) in [6, 6.07) is 9.38. The number of para-hydroxylation sites is 1. The molecule has 9 heteroatoms. The molecule has 1 saturated heterocycles. The summed E-state index contributed by atoms with van der Waals surface area (Å²) in [5, 5.41) is 1.78. The van der Waals surface area contributed by atoms with E-state index in [0.717, 1.165) is 29.7 Å². The molecular formula is C22H19Cl2N5O2. The Morgan fingerprint density at radius 2 is 1.90 bits per heavy atom. The van der Waals surface area contributed by atoms with Gasteiger partial charge in [-0.3, -0.25) is 14.3 Å². The monoisotopic (exact) mass is 455 g/mol. The Morgan fingerprint density at radius 1 is 1.13 bits per heavy atom. The SMILES string of the molecule is Cc1nc2c(C(N)=O)cc(N3CCOCC3)cc2n1-c1c(Cl)cnc2c(Cl)cccc12. The van der Waals surface area contributed by atoms with Gasteiger partial charge in [0.25, 0.3) is 5.91 Å². The fraction of sp³-hybridized carbons (Fsp3) is 0.227. The first-order valence-electron chi connectivity index (χ1n) is 9.84. The number of halogens is 2. The highest BCUT2D eigenvalue weighted by Crippen LogP contribution is 2.36. The van der Waals surface area contributed by atoms with Crippen LogP contribution in [0.2, 0.25) is 10.0 Å². The smallest absolute Gasteiger partial charge is 0.251 e. The maximum atomic E-state index is 12.3. The number of amides is 1. The number of hydrogen-bond acceptors (Lipinski definition) is 5. The van der Waals surface area contributed by atoms with Crippen molar-refractivity contribution in [3.63, 3.8) is 0 Å². The van der Waals surface area contributed by atoms with Gasteiger partial charge in [-0.25, -0.2) is 4.98 Å². The normalized spacial score (nSPS) is 14.5. The summed E-state index contributed by atoms with van der Waals surface area (Å²) < 4.78 is 7.41. The van der Waals surface area contributed by atoms with Crippen LogP contribution in [-0.4, -0.2) is 46.7 Å². The maximum absolute atomic E-state index is 12.3. The highest BCUT2D eigenvalue weighted by atomic mass is 35.5. The van der Waals surface area contributed by atoms with Crippen LogP contribution in [0.5, 0.6) is 0 Å². The quantitative estimate of drug-likeness (QED) is 0.501. The lowest BCUT2D eigenvalue weighted by Crippen LogP contribution is -2.36. The van der Waals surface area contributed by atoms with Crippen molar-refractivity contribution < 1.29 is 9.53 Å². The van der Waals surface area contributed by atoms with E-state index in [-0.39, 0.29) is 0 Å². The summed E-state index contributed by atoms with van der Waals surface area (Å²) in [6.07, 6.45) is 1.58. The molecule has 0 unspecified atom stereocenters. The minimum absolute atomic E-state index is 0.369. The first-order valence-corrected chi connectivity index (χ1v) is 10.6. The summed E-state index contributed by atoms with van der Waals surface area (Å²) in [4.78, 5) is 23.6. The van der Waals surface area contributed by atoms with Crippen molar-refractivity contribution in [1.29, 1.82) is 0 Å². The first-order chi connectivity index (χ1) is 15.0. The van der Waals surface area contributed by atoms with Gasteiger partial charge in [0.1, 0.15) is 11.3 Å². The largest absolute Gasteiger partial charge is 0.378 e. The molecule has 0 saturated carbocycles. The van der Waals surface area contributed by atoms with Crippen LogP contribution in [0.3, 0.4) is 0 Å². The Bertz CT molecular complexity index is 1350. The highest BCUT2D eigenvalue weighted by Gasteiger charge is 2.22. The molecule has 0 radical (unpaired) electrons. The van der Waals surface area contributed by atoms with Gasteiger partial charge in [-0.2, -0.15) is 0 Å². The number of fused-ring (bicyclic) bond motifs is 2. The lowest BCUT2D eigenvalue weighted by atomic mass is 10.1. The Labute approximate surface area is 188 Å². The van der Waals surface area contributed by atoms with Gasteiger partial charge in [0.15, 0.2) is 0 Å². The van der Waals surface area contributed by atoms with Gasteiger partial charge in [-0.05, 0) is 25.1 Å². The van der Waals surface area contributed by atoms with E-state index in [0.29, 0.717) is 51.4 Å². The van der Waals surface area contributed by atoms with Crippen LogP contribution < -0.4 is 10.6 Å². The second kappa shape index (κ2) is 7.67. The molecule has 1 aliphatic rings. The molecule has 4 aromatic rings. The zero-order valence-electron chi connectivity index (χ0n) is 16.7. The van der Waals surface area contributed by atoms with Crippen molar-refractivity contribution in [2.24, 2.45) is 5.73 Å². The number of hydrogen-bond donors (Lipinski definition) is 1. The Balaban J connectivity index is 1.85. The van der Waals surface area contributed by atoms with Crippen LogP contribution in [0, 0.1) is 6.92 Å². The summed E-state index contributed by atoms with van der Waals surface area (Å²) in [5.41, 5.74) is 9.62. The third-order valence-electron chi connectivity index (χ3n) is 5.55. The molecular weight excluding hydrogens is 437 g/mol. The van der Waals surface area contributed by atoms with E-state index in [1.165, 1.54) is 0 Å². The number of benzene rings is 2. The number of aromatic nitrogens is 3. The van der Waals surface area contributed by atoms with Crippen molar-refractivity contribution in [3.8, 4) is 5.69 Å². The van der Waals surface area contributed by atoms with E-state index < -0.39 is 5.91 Å². The van der Waals surface area contributed by atoms with Gasteiger partial charge in [0.05, 0.1) is 45.5 Å². The fourth-order valence-electron chi connectivity index (χ4n) is 4.13. The predicted molar refractivity (Wildman–Crippen MR) is 123 cm³/mol. The second-order valence-electron chi connectivity index (χ2n) is 7.41. The molecule has 5 rings (SSSR count). The van der Waals surface area contributed by atoms with Gasteiger partial charge in [-0.1, -0.05) is 35.3 Å². The minimum atomic E-state index is -0.529. The lowest BCUT2D eigenvalue weighted by Gasteiger charge is -2.29. The summed E-state index contributed by atoms with van der Waals surface area (Å²) in [5.74, 6) is 0.143. The van der Waals surface area contributed by atoms with E-state index in [4.69, 9.17) is 33.7 Å². The number of morpholine rings is 1. The number of carbonyl (C=O) groups excluding carboxylic acids is 1. The summed E-state index contributed by atoms with van der Waals surface area (Å²) in [6.45, 7) is 4.58. The number of rotatable bonds is 3. The van der Waals surface area contributed by atoms with Gasteiger partial charge in [-0.15, -0.1) is 0 Å². The van der Waals surface area contributed by atoms with E-state index in [1.54, 1.807) is 18.3 Å². The highest BCUT2D eigenvalue weighted by molar-refractivity contribution is 6.37. The number of imidazole rings is 1. The van der Waals surface area contributed by atoms with E-state index in [2.05, 4.69) is 14.9 Å². The first kappa shape index (κ1) is 20.1. The molecule has 1 amide bonds. The molecule has 7 nitrogen and oxygen atoms in total. The average molecular weight is 456 g/mol. The average Bonchev–Trinajstić information content (AvgIpc) is 3.09. The van der Waals surface area contributed by atoms with Crippen LogP contribution in [0.4, 0.5) is 5.69 Å². The number of pyridine rings is 1. The molecule has 1 aliphatic heterocycles. The maximum Gasteiger partial charge on any atom is 0.251 e. The van der Waals surface area contributed by atoms with E-state index in [1.807, 2.05) is 29.7 Å². The number of ether oxygens (including phenoxy) is 1. The molecule has 31 heavy (non-hydrogen) atoms. The molecule has 2 aromatic carbocycles. The van der Waals surface area contributed by atoms with Gasteiger partial charge >= 0.3 is 0 Å². The molecule has 0 atom stereocenters. The van der Waals surface area contributed by atoms with Crippen molar-refractivity contribution in [2.75, 3.05) is 31.2 Å². The van der Waals surface area contributed by atoms with Crippen LogP contribution in [0.15, 0.2) is 36.5 Å². The number of aryl methyl sites for hydroxylation is 1. The summed E-state index contributed by atoms with van der Waals surface area (Å²) >= 11 is 13.0. The third-order valence-corrected chi connectivity index (χ3v) is 6.13.